The summed E-state index contributed by atoms with van der Waals surface area (Å²) in [5.74, 6) is 0.269. The minimum atomic E-state index is -0.866. The topological polar surface area (TPSA) is 72.0 Å². The van der Waals surface area contributed by atoms with Crippen LogP contribution in [0.5, 0.6) is 0 Å². The van der Waals surface area contributed by atoms with Crippen LogP contribution in [-0.2, 0) is 0 Å². The van der Waals surface area contributed by atoms with Gasteiger partial charge in [-0.15, -0.1) is 0 Å². The maximum atomic E-state index is 10.3. The van der Waals surface area contributed by atoms with Crippen molar-refractivity contribution in [2.75, 3.05) is 5.73 Å². The highest BCUT2D eigenvalue weighted by molar-refractivity contribution is 9.10. The number of aliphatic hydroxyl groups excluding tert-OH is 1. The molecule has 5 heteroatoms. The third-order valence-electron chi connectivity index (χ3n) is 2.79. The maximum Gasteiger partial charge on any atom is 0.148 e. The van der Waals surface area contributed by atoms with Crippen LogP contribution in [0.2, 0.25) is 0 Å². The fraction of sp³-hybridized carbons (Fsp3) is 0.231. The smallest absolute Gasteiger partial charge is 0.148 e. The number of benzene rings is 1. The summed E-state index contributed by atoms with van der Waals surface area (Å²) in [5, 5.41) is 10.3. The highest BCUT2D eigenvalue weighted by atomic mass is 79.9. The van der Waals surface area contributed by atoms with E-state index >= 15 is 0 Å². The van der Waals surface area contributed by atoms with E-state index in [1.807, 2.05) is 38.1 Å². The SMILES string of the molecule is Cc1nc(N)c(C(O)c2cccc(Br)c2)nc1C. The van der Waals surface area contributed by atoms with Crippen LogP contribution >= 0.6 is 15.9 Å². The van der Waals surface area contributed by atoms with E-state index in [9.17, 15) is 5.11 Å². The van der Waals surface area contributed by atoms with E-state index in [4.69, 9.17) is 5.73 Å². The van der Waals surface area contributed by atoms with Crippen LogP contribution in [0.25, 0.3) is 0 Å². The first-order valence-corrected chi connectivity index (χ1v) is 6.32. The van der Waals surface area contributed by atoms with E-state index in [0.29, 0.717) is 5.69 Å². The number of halogens is 1. The molecule has 0 radical (unpaired) electrons. The molecule has 0 bridgehead atoms. The zero-order chi connectivity index (χ0) is 13.3. The monoisotopic (exact) mass is 307 g/mol. The summed E-state index contributed by atoms with van der Waals surface area (Å²) in [7, 11) is 0. The minimum absolute atomic E-state index is 0.269. The number of aryl methyl sites for hydroxylation is 2. The molecule has 1 aromatic heterocycles. The van der Waals surface area contributed by atoms with Crippen molar-refractivity contribution in [1.29, 1.82) is 0 Å². The lowest BCUT2D eigenvalue weighted by atomic mass is 10.1. The van der Waals surface area contributed by atoms with Crippen molar-refractivity contribution in [1.82, 2.24) is 9.97 Å². The molecule has 0 fully saturated rings. The second-order valence-electron chi connectivity index (χ2n) is 4.12. The van der Waals surface area contributed by atoms with Crippen molar-refractivity contribution in [3.05, 3.63) is 51.4 Å². The number of nitrogens with two attached hydrogens (primary N) is 1. The molecule has 94 valence electrons. The largest absolute Gasteiger partial charge is 0.382 e. The first kappa shape index (κ1) is 13.0. The zero-order valence-corrected chi connectivity index (χ0v) is 11.8. The Morgan fingerprint density at radius 1 is 1.22 bits per heavy atom. The summed E-state index contributed by atoms with van der Waals surface area (Å²) < 4.78 is 0.898. The molecule has 3 N–H and O–H groups in total. The Balaban J connectivity index is 2.46. The van der Waals surface area contributed by atoms with Gasteiger partial charge in [-0.25, -0.2) is 9.97 Å². The van der Waals surface area contributed by atoms with E-state index in [-0.39, 0.29) is 5.82 Å². The molecule has 0 saturated heterocycles. The van der Waals surface area contributed by atoms with Gasteiger partial charge in [-0.05, 0) is 31.5 Å². The predicted molar refractivity (Wildman–Crippen MR) is 74.1 cm³/mol. The first-order valence-electron chi connectivity index (χ1n) is 5.53. The Bertz CT molecular complexity index is 586. The fourth-order valence-electron chi connectivity index (χ4n) is 1.67. The Morgan fingerprint density at radius 2 is 1.89 bits per heavy atom. The van der Waals surface area contributed by atoms with Gasteiger partial charge >= 0.3 is 0 Å². The molecule has 18 heavy (non-hydrogen) atoms. The molecule has 2 aromatic rings. The van der Waals surface area contributed by atoms with Crippen molar-refractivity contribution >= 4 is 21.7 Å². The van der Waals surface area contributed by atoms with Gasteiger partial charge in [0.05, 0.1) is 11.4 Å². The summed E-state index contributed by atoms with van der Waals surface area (Å²) in [4.78, 5) is 8.51. The van der Waals surface area contributed by atoms with Gasteiger partial charge in [0.2, 0.25) is 0 Å². The van der Waals surface area contributed by atoms with Crippen LogP contribution in [-0.4, -0.2) is 15.1 Å². The molecule has 0 spiro atoms. The second kappa shape index (κ2) is 5.04. The van der Waals surface area contributed by atoms with Gasteiger partial charge in [-0.3, -0.25) is 0 Å². The number of rotatable bonds is 2. The molecule has 0 aliphatic carbocycles. The summed E-state index contributed by atoms with van der Waals surface area (Å²) in [6.45, 7) is 3.69. The van der Waals surface area contributed by atoms with Crippen molar-refractivity contribution < 1.29 is 5.11 Å². The van der Waals surface area contributed by atoms with Crippen molar-refractivity contribution in [2.45, 2.75) is 20.0 Å². The van der Waals surface area contributed by atoms with Crippen molar-refractivity contribution in [3.8, 4) is 0 Å². The highest BCUT2D eigenvalue weighted by Crippen LogP contribution is 2.26. The van der Waals surface area contributed by atoms with Gasteiger partial charge in [0.15, 0.2) is 0 Å². The first-order chi connectivity index (χ1) is 8.49. The molecule has 1 atom stereocenters. The highest BCUT2D eigenvalue weighted by Gasteiger charge is 2.17. The minimum Gasteiger partial charge on any atom is -0.382 e. The number of nitrogen functional groups attached to an aromatic ring is 1. The van der Waals surface area contributed by atoms with Crippen LogP contribution in [0.3, 0.4) is 0 Å². The van der Waals surface area contributed by atoms with Crippen molar-refractivity contribution in [2.24, 2.45) is 0 Å². The van der Waals surface area contributed by atoms with Crippen LogP contribution in [0.15, 0.2) is 28.7 Å². The summed E-state index contributed by atoms with van der Waals surface area (Å²) in [6, 6.07) is 7.41. The molecular weight excluding hydrogens is 294 g/mol. The van der Waals surface area contributed by atoms with Gasteiger partial charge in [0.1, 0.15) is 17.6 Å². The van der Waals surface area contributed by atoms with Crippen LogP contribution in [0, 0.1) is 13.8 Å². The van der Waals surface area contributed by atoms with Gasteiger partial charge in [-0.1, -0.05) is 28.1 Å². The lowest BCUT2D eigenvalue weighted by molar-refractivity contribution is 0.215. The molecule has 1 heterocycles. The lowest BCUT2D eigenvalue weighted by Crippen LogP contribution is -2.10. The number of hydrogen-bond acceptors (Lipinski definition) is 4. The maximum absolute atomic E-state index is 10.3. The van der Waals surface area contributed by atoms with E-state index in [1.165, 1.54) is 0 Å². The van der Waals surface area contributed by atoms with E-state index in [0.717, 1.165) is 21.4 Å². The molecule has 1 unspecified atom stereocenters. The number of aromatic nitrogens is 2. The fourth-order valence-corrected chi connectivity index (χ4v) is 2.09. The summed E-state index contributed by atoms with van der Waals surface area (Å²) in [6.07, 6.45) is -0.866. The third kappa shape index (κ3) is 2.52. The molecule has 2 rings (SSSR count). The Labute approximate surface area is 114 Å². The summed E-state index contributed by atoms with van der Waals surface area (Å²) in [5.41, 5.74) is 8.50. The molecule has 4 nitrogen and oxygen atoms in total. The standard InChI is InChI=1S/C13H14BrN3O/c1-7-8(2)17-13(15)11(16-7)12(18)9-4-3-5-10(14)6-9/h3-6,12,18H,1-2H3,(H2,15,17). The number of hydrogen-bond donors (Lipinski definition) is 2. The lowest BCUT2D eigenvalue weighted by Gasteiger charge is -2.14. The summed E-state index contributed by atoms with van der Waals surface area (Å²) >= 11 is 3.37. The predicted octanol–water partition coefficient (Wildman–Crippen LogP) is 2.52. The average molecular weight is 308 g/mol. The van der Waals surface area contributed by atoms with Crippen LogP contribution < -0.4 is 5.73 Å². The third-order valence-corrected chi connectivity index (χ3v) is 3.28. The normalized spacial score (nSPS) is 12.4. The van der Waals surface area contributed by atoms with E-state index in [1.54, 1.807) is 0 Å². The molecule has 0 aliphatic heterocycles. The van der Waals surface area contributed by atoms with Gasteiger partial charge < -0.3 is 10.8 Å². The number of nitrogens with zero attached hydrogens (tertiary/aromatic N) is 2. The number of aliphatic hydroxyl groups is 1. The Hall–Kier alpha value is -1.46. The molecule has 0 saturated carbocycles. The van der Waals surface area contributed by atoms with Gasteiger partial charge in [0.25, 0.3) is 0 Å². The molecule has 0 amide bonds. The van der Waals surface area contributed by atoms with E-state index < -0.39 is 6.10 Å². The quantitative estimate of drug-likeness (QED) is 0.894. The Morgan fingerprint density at radius 3 is 2.56 bits per heavy atom. The average Bonchev–Trinajstić information content (AvgIpc) is 2.33. The number of anilines is 1. The molecular formula is C13H14BrN3O. The van der Waals surface area contributed by atoms with Crippen molar-refractivity contribution in [3.63, 3.8) is 0 Å². The van der Waals surface area contributed by atoms with Crippen LogP contribution in [0.1, 0.15) is 28.7 Å². The van der Waals surface area contributed by atoms with Gasteiger partial charge in [-0.2, -0.15) is 0 Å². The molecule has 0 aliphatic rings. The zero-order valence-electron chi connectivity index (χ0n) is 10.2. The van der Waals surface area contributed by atoms with E-state index in [2.05, 4.69) is 25.9 Å². The molecule has 1 aromatic carbocycles. The second-order valence-corrected chi connectivity index (χ2v) is 5.04. The van der Waals surface area contributed by atoms with Crippen LogP contribution in [0.4, 0.5) is 5.82 Å². The van der Waals surface area contributed by atoms with Gasteiger partial charge in [0, 0.05) is 4.47 Å². The Kier molecular flexibility index (Phi) is 3.63.